The molecule has 0 bridgehead atoms. The summed E-state index contributed by atoms with van der Waals surface area (Å²) in [6.07, 6.45) is 1.70. The topological polar surface area (TPSA) is 42.4 Å². The van der Waals surface area contributed by atoms with Crippen LogP contribution in [0, 0.1) is 0 Å². The average molecular weight is 270 g/mol. The maximum Gasteiger partial charge on any atom is 0.273 e. The van der Waals surface area contributed by atoms with Gasteiger partial charge in [-0.15, -0.1) is 0 Å². The molecule has 4 heteroatoms. The van der Waals surface area contributed by atoms with Gasteiger partial charge in [-0.05, 0) is 25.3 Å². The highest BCUT2D eigenvalue weighted by atomic mass is 16.5. The van der Waals surface area contributed by atoms with Crippen LogP contribution in [0.15, 0.2) is 36.5 Å². The lowest BCUT2D eigenvalue weighted by molar-refractivity contribution is -0.0251. The van der Waals surface area contributed by atoms with Gasteiger partial charge in [-0.1, -0.05) is 24.3 Å². The van der Waals surface area contributed by atoms with Crippen LogP contribution in [0.2, 0.25) is 0 Å². The van der Waals surface area contributed by atoms with Crippen molar-refractivity contribution in [3.8, 4) is 0 Å². The Bertz CT molecular complexity index is 626. The van der Waals surface area contributed by atoms with Gasteiger partial charge in [-0.25, -0.2) is 0 Å². The molecule has 0 aliphatic carbocycles. The fourth-order valence-corrected chi connectivity index (χ4v) is 2.82. The summed E-state index contributed by atoms with van der Waals surface area (Å²) in [6.45, 7) is 5.19. The maximum absolute atomic E-state index is 12.8. The molecule has 0 N–H and O–H groups in total. The van der Waals surface area contributed by atoms with E-state index < -0.39 is 0 Å². The van der Waals surface area contributed by atoms with Crippen LogP contribution in [0.5, 0.6) is 0 Å². The third-order valence-corrected chi connectivity index (χ3v) is 3.78. The number of carbonyl (C=O) groups excluding carboxylic acids is 1. The van der Waals surface area contributed by atoms with Crippen LogP contribution in [0.1, 0.15) is 24.3 Å². The second-order valence-electron chi connectivity index (χ2n) is 5.33. The monoisotopic (exact) mass is 270 g/mol. The Morgan fingerprint density at radius 2 is 1.90 bits per heavy atom. The predicted octanol–water partition coefficient (Wildman–Crippen LogP) is 2.48. The van der Waals surface area contributed by atoms with Crippen LogP contribution in [0.4, 0.5) is 0 Å². The molecule has 4 nitrogen and oxygen atoms in total. The molecule has 0 spiro atoms. The third-order valence-electron chi connectivity index (χ3n) is 3.78. The first kappa shape index (κ1) is 13.1. The predicted molar refractivity (Wildman–Crippen MR) is 77.7 cm³/mol. The number of ether oxygens (including phenoxy) is 1. The summed E-state index contributed by atoms with van der Waals surface area (Å²) in [5.74, 6) is -0.00917. The van der Waals surface area contributed by atoms with Crippen molar-refractivity contribution in [2.45, 2.75) is 25.9 Å². The molecule has 3 rings (SSSR count). The molecular formula is C16H18N2O2. The summed E-state index contributed by atoms with van der Waals surface area (Å²) < 4.78 is 5.48. The molecule has 1 amide bonds. The molecule has 1 fully saturated rings. The first-order valence-corrected chi connectivity index (χ1v) is 6.92. The van der Waals surface area contributed by atoms with E-state index in [9.17, 15) is 4.79 Å². The van der Waals surface area contributed by atoms with Crippen molar-refractivity contribution >= 4 is 16.7 Å². The van der Waals surface area contributed by atoms with Gasteiger partial charge in [0, 0.05) is 11.6 Å². The van der Waals surface area contributed by atoms with Crippen molar-refractivity contribution < 1.29 is 9.53 Å². The molecule has 1 aliphatic rings. The molecule has 1 aromatic carbocycles. The number of morpholine rings is 1. The molecule has 2 aromatic rings. The van der Waals surface area contributed by atoms with Crippen LogP contribution < -0.4 is 0 Å². The molecule has 2 unspecified atom stereocenters. The maximum atomic E-state index is 12.8. The lowest BCUT2D eigenvalue weighted by atomic mass is 10.1. The molecule has 104 valence electrons. The van der Waals surface area contributed by atoms with Crippen molar-refractivity contribution in [1.29, 1.82) is 0 Å². The highest BCUT2D eigenvalue weighted by Gasteiger charge is 2.31. The number of benzene rings is 1. The van der Waals surface area contributed by atoms with Gasteiger partial charge in [0.15, 0.2) is 0 Å². The summed E-state index contributed by atoms with van der Waals surface area (Å²) in [5, 5.41) is 1.95. The zero-order valence-electron chi connectivity index (χ0n) is 11.7. The standard InChI is InChI=1S/C16H18N2O2/c1-11-9-20-10-12(2)18(11)16(19)15-14-6-4-3-5-13(14)7-8-17-15/h3-8,11-12H,9-10H2,1-2H3. The SMILES string of the molecule is CC1COCC(C)N1C(=O)c1nccc2ccccc12. The number of amides is 1. The van der Waals surface area contributed by atoms with Gasteiger partial charge in [0.25, 0.3) is 5.91 Å². The van der Waals surface area contributed by atoms with E-state index in [4.69, 9.17) is 4.74 Å². The zero-order chi connectivity index (χ0) is 14.1. The van der Waals surface area contributed by atoms with Gasteiger partial charge >= 0.3 is 0 Å². The molecular weight excluding hydrogens is 252 g/mol. The Kier molecular flexibility index (Phi) is 3.40. The molecule has 0 saturated carbocycles. The van der Waals surface area contributed by atoms with Crippen LogP contribution in [0.25, 0.3) is 10.8 Å². The minimum atomic E-state index is -0.00917. The normalized spacial score (nSPS) is 23.0. The van der Waals surface area contributed by atoms with Crippen LogP contribution in [-0.2, 0) is 4.74 Å². The van der Waals surface area contributed by atoms with E-state index in [1.807, 2.05) is 49.1 Å². The lowest BCUT2D eigenvalue weighted by Gasteiger charge is -2.38. The summed E-state index contributed by atoms with van der Waals surface area (Å²) in [4.78, 5) is 19.0. The minimum Gasteiger partial charge on any atom is -0.377 e. The van der Waals surface area contributed by atoms with Crippen molar-refractivity contribution in [3.05, 3.63) is 42.2 Å². The fraction of sp³-hybridized carbons (Fsp3) is 0.375. The number of carbonyl (C=O) groups is 1. The van der Waals surface area contributed by atoms with E-state index in [-0.39, 0.29) is 18.0 Å². The number of hydrogen-bond acceptors (Lipinski definition) is 3. The molecule has 1 aliphatic heterocycles. The number of pyridine rings is 1. The second kappa shape index (κ2) is 5.21. The highest BCUT2D eigenvalue weighted by Crippen LogP contribution is 2.21. The van der Waals surface area contributed by atoms with E-state index in [1.165, 1.54) is 0 Å². The molecule has 1 saturated heterocycles. The summed E-state index contributed by atoms with van der Waals surface area (Å²) in [7, 11) is 0. The lowest BCUT2D eigenvalue weighted by Crippen LogP contribution is -2.52. The Morgan fingerprint density at radius 3 is 2.65 bits per heavy atom. The van der Waals surface area contributed by atoms with E-state index in [1.54, 1.807) is 6.20 Å². The van der Waals surface area contributed by atoms with Crippen molar-refractivity contribution in [1.82, 2.24) is 9.88 Å². The number of aromatic nitrogens is 1. The second-order valence-corrected chi connectivity index (χ2v) is 5.33. The fourth-order valence-electron chi connectivity index (χ4n) is 2.82. The zero-order valence-corrected chi connectivity index (χ0v) is 11.7. The highest BCUT2D eigenvalue weighted by molar-refractivity contribution is 6.05. The molecule has 2 atom stereocenters. The number of fused-ring (bicyclic) bond motifs is 1. The Morgan fingerprint density at radius 1 is 1.20 bits per heavy atom. The molecule has 20 heavy (non-hydrogen) atoms. The Balaban J connectivity index is 2.04. The van der Waals surface area contributed by atoms with E-state index in [0.29, 0.717) is 18.9 Å². The van der Waals surface area contributed by atoms with Gasteiger partial charge in [0.05, 0.1) is 25.3 Å². The van der Waals surface area contributed by atoms with Gasteiger partial charge in [-0.2, -0.15) is 0 Å². The average Bonchev–Trinajstić information content (AvgIpc) is 2.46. The number of rotatable bonds is 1. The van der Waals surface area contributed by atoms with Gasteiger partial charge in [-0.3, -0.25) is 9.78 Å². The summed E-state index contributed by atoms with van der Waals surface area (Å²) in [6, 6.07) is 9.94. The molecule has 2 heterocycles. The first-order valence-electron chi connectivity index (χ1n) is 6.92. The Hall–Kier alpha value is -1.94. The largest absolute Gasteiger partial charge is 0.377 e. The minimum absolute atomic E-state index is 0.00917. The number of nitrogens with zero attached hydrogens (tertiary/aromatic N) is 2. The van der Waals surface area contributed by atoms with E-state index >= 15 is 0 Å². The third kappa shape index (κ3) is 2.16. The van der Waals surface area contributed by atoms with Gasteiger partial charge in [0.2, 0.25) is 0 Å². The summed E-state index contributed by atoms with van der Waals surface area (Å²) >= 11 is 0. The van der Waals surface area contributed by atoms with E-state index in [0.717, 1.165) is 10.8 Å². The number of hydrogen-bond donors (Lipinski definition) is 0. The smallest absolute Gasteiger partial charge is 0.273 e. The van der Waals surface area contributed by atoms with Gasteiger partial charge in [0.1, 0.15) is 5.69 Å². The van der Waals surface area contributed by atoms with Crippen LogP contribution in [0.3, 0.4) is 0 Å². The Labute approximate surface area is 118 Å². The van der Waals surface area contributed by atoms with Crippen molar-refractivity contribution in [2.75, 3.05) is 13.2 Å². The van der Waals surface area contributed by atoms with E-state index in [2.05, 4.69) is 4.98 Å². The van der Waals surface area contributed by atoms with Crippen molar-refractivity contribution in [2.24, 2.45) is 0 Å². The van der Waals surface area contributed by atoms with Crippen molar-refractivity contribution in [3.63, 3.8) is 0 Å². The van der Waals surface area contributed by atoms with Crippen LogP contribution in [-0.4, -0.2) is 41.1 Å². The van der Waals surface area contributed by atoms with Gasteiger partial charge < -0.3 is 9.64 Å². The first-order chi connectivity index (χ1) is 9.68. The molecule has 1 aromatic heterocycles. The quantitative estimate of drug-likeness (QED) is 0.799. The van der Waals surface area contributed by atoms with Crippen LogP contribution >= 0.6 is 0 Å². The summed E-state index contributed by atoms with van der Waals surface area (Å²) in [5.41, 5.74) is 0.531. The molecule has 0 radical (unpaired) electrons.